The zero-order chi connectivity index (χ0) is 30.8. The number of amides is 1. The molecule has 45 heavy (non-hydrogen) atoms. The van der Waals surface area contributed by atoms with E-state index < -0.39 is 0 Å². The van der Waals surface area contributed by atoms with Crippen LogP contribution in [0.4, 0.5) is 0 Å². The van der Waals surface area contributed by atoms with Crippen molar-refractivity contribution in [3.63, 3.8) is 0 Å². The molecular weight excluding hydrogens is 568 g/mol. The molecule has 3 N–H and O–H groups in total. The number of pyridine rings is 1. The molecule has 10 heteroatoms. The van der Waals surface area contributed by atoms with Crippen molar-refractivity contribution in [2.75, 3.05) is 26.9 Å². The molecule has 0 spiro atoms. The van der Waals surface area contributed by atoms with Crippen LogP contribution in [0, 0.1) is 11.8 Å². The van der Waals surface area contributed by atoms with E-state index in [1.54, 1.807) is 7.11 Å². The second-order valence-corrected chi connectivity index (χ2v) is 12.8. The summed E-state index contributed by atoms with van der Waals surface area (Å²) in [7, 11) is 3.65. The molecule has 1 aliphatic heterocycles. The minimum Gasteiger partial charge on any atom is -0.494 e. The fourth-order valence-electron chi connectivity index (χ4n) is 7.37. The maximum Gasteiger partial charge on any atom is 0.254 e. The summed E-state index contributed by atoms with van der Waals surface area (Å²) in [4.78, 5) is 26.0. The average molecular weight is 607 g/mol. The van der Waals surface area contributed by atoms with Gasteiger partial charge in [-0.15, -0.1) is 0 Å². The highest BCUT2D eigenvalue weighted by Gasteiger charge is 2.47. The first-order chi connectivity index (χ1) is 21.9. The van der Waals surface area contributed by atoms with E-state index in [-0.39, 0.29) is 31.2 Å². The Morgan fingerprint density at radius 2 is 1.87 bits per heavy atom. The number of nitrogens with zero attached hydrogens (tertiary/aromatic N) is 5. The fraction of sp³-hybridized carbons (Fsp3) is 0.400. The number of methoxy groups -OCH3 is 1. The Labute approximate surface area is 261 Å². The second-order valence-electron chi connectivity index (χ2n) is 12.8. The van der Waals surface area contributed by atoms with E-state index in [0.29, 0.717) is 28.9 Å². The first-order valence-corrected chi connectivity index (χ1v) is 15.9. The minimum absolute atomic E-state index is 0.00220. The maximum atomic E-state index is 13.7. The number of aliphatic hydroxyl groups is 1. The lowest BCUT2D eigenvalue weighted by Gasteiger charge is -2.27. The van der Waals surface area contributed by atoms with Crippen molar-refractivity contribution in [3.8, 4) is 34.3 Å². The number of carbonyl (C=O) groups excluding carboxylic acids is 1. The van der Waals surface area contributed by atoms with Crippen molar-refractivity contribution in [1.82, 2.24) is 24.0 Å². The van der Waals surface area contributed by atoms with E-state index in [9.17, 15) is 4.79 Å². The fourth-order valence-corrected chi connectivity index (χ4v) is 7.37. The predicted octanol–water partition coefficient (Wildman–Crippen LogP) is 4.61. The van der Waals surface area contributed by atoms with E-state index in [1.165, 1.54) is 12.8 Å². The van der Waals surface area contributed by atoms with Gasteiger partial charge < -0.3 is 34.3 Å². The van der Waals surface area contributed by atoms with Gasteiger partial charge in [-0.3, -0.25) is 4.79 Å². The summed E-state index contributed by atoms with van der Waals surface area (Å²) in [5.41, 5.74) is 12.4. The number of nitrogens with two attached hydrogens (primary N) is 1. The Kier molecular flexibility index (Phi) is 6.80. The Hall–Kier alpha value is -4.41. The van der Waals surface area contributed by atoms with E-state index >= 15 is 0 Å². The highest BCUT2D eigenvalue weighted by molar-refractivity contribution is 6.00. The molecule has 3 aromatic heterocycles. The summed E-state index contributed by atoms with van der Waals surface area (Å²) >= 11 is 0. The molecule has 0 radical (unpaired) electrons. The van der Waals surface area contributed by atoms with Gasteiger partial charge in [0.25, 0.3) is 5.91 Å². The molecule has 2 bridgehead atoms. The highest BCUT2D eigenvalue weighted by Crippen LogP contribution is 2.40. The SMILES string of the molecule is COc1cc(C(=O)N2CC3CCC2[C@@H]3N)cc2nc(-c3cc4ccc(-c5ccc(OCCO)cc5)nc4n3CC3CC3)n(C)c12. The minimum atomic E-state index is -0.0213. The van der Waals surface area contributed by atoms with Crippen LogP contribution in [0.25, 0.3) is 44.8 Å². The number of likely N-dealkylation sites (tertiary alicyclic amines) is 1. The molecule has 3 aliphatic rings. The van der Waals surface area contributed by atoms with Crippen LogP contribution in [0.15, 0.2) is 54.6 Å². The van der Waals surface area contributed by atoms with Crippen LogP contribution in [0.5, 0.6) is 11.5 Å². The molecule has 2 aliphatic carbocycles. The lowest BCUT2D eigenvalue weighted by atomic mass is 10.1. The monoisotopic (exact) mass is 606 g/mol. The molecule has 2 saturated carbocycles. The number of ether oxygens (including phenoxy) is 2. The number of benzene rings is 2. The molecule has 8 rings (SSSR count). The molecule has 10 nitrogen and oxygen atoms in total. The normalized spacial score (nSPS) is 20.9. The van der Waals surface area contributed by atoms with Gasteiger partial charge in [-0.05, 0) is 92.1 Å². The second kappa shape index (κ2) is 10.9. The number of aliphatic hydroxyl groups excluding tert-OH is 1. The lowest BCUT2D eigenvalue weighted by molar-refractivity contribution is 0.0700. The quantitative estimate of drug-likeness (QED) is 0.251. The van der Waals surface area contributed by atoms with Crippen LogP contribution in [0.2, 0.25) is 0 Å². The van der Waals surface area contributed by atoms with Crippen molar-refractivity contribution in [1.29, 1.82) is 0 Å². The number of carbonyl (C=O) groups is 1. The number of rotatable bonds is 9. The Morgan fingerprint density at radius 1 is 1.04 bits per heavy atom. The summed E-state index contributed by atoms with van der Waals surface area (Å²) in [6.45, 7) is 1.83. The summed E-state index contributed by atoms with van der Waals surface area (Å²) < 4.78 is 15.8. The summed E-state index contributed by atoms with van der Waals surface area (Å²) in [5, 5.41) is 10.1. The molecule has 232 valence electrons. The van der Waals surface area contributed by atoms with Gasteiger partial charge in [-0.25, -0.2) is 9.97 Å². The first kappa shape index (κ1) is 28.1. The van der Waals surface area contributed by atoms with Crippen LogP contribution in [0.3, 0.4) is 0 Å². The topological polar surface area (TPSA) is 121 Å². The van der Waals surface area contributed by atoms with Gasteiger partial charge in [0.05, 0.1) is 30.6 Å². The third-order valence-corrected chi connectivity index (χ3v) is 9.94. The molecule has 2 aromatic carbocycles. The molecule has 5 aromatic rings. The van der Waals surface area contributed by atoms with Gasteiger partial charge in [-0.1, -0.05) is 0 Å². The molecule has 1 saturated heterocycles. The van der Waals surface area contributed by atoms with Crippen LogP contribution >= 0.6 is 0 Å². The molecule has 2 unspecified atom stereocenters. The smallest absolute Gasteiger partial charge is 0.254 e. The van der Waals surface area contributed by atoms with Crippen molar-refractivity contribution in [3.05, 3.63) is 60.2 Å². The third-order valence-electron chi connectivity index (χ3n) is 9.94. The number of aryl methyl sites for hydroxylation is 1. The third kappa shape index (κ3) is 4.74. The molecule has 3 fully saturated rings. The number of imidazole rings is 1. The largest absolute Gasteiger partial charge is 0.494 e. The van der Waals surface area contributed by atoms with Crippen LogP contribution in [-0.2, 0) is 13.6 Å². The molecule has 1 amide bonds. The van der Waals surface area contributed by atoms with E-state index in [2.05, 4.69) is 21.3 Å². The predicted molar refractivity (Wildman–Crippen MR) is 172 cm³/mol. The average Bonchev–Trinajstić information content (AvgIpc) is 3.47. The van der Waals surface area contributed by atoms with E-state index in [1.807, 2.05) is 54.4 Å². The van der Waals surface area contributed by atoms with Gasteiger partial charge >= 0.3 is 0 Å². The number of fused-ring (bicyclic) bond motifs is 4. The van der Waals surface area contributed by atoms with Crippen molar-refractivity contribution in [2.45, 2.75) is 44.3 Å². The van der Waals surface area contributed by atoms with Crippen LogP contribution < -0.4 is 15.2 Å². The summed E-state index contributed by atoms with van der Waals surface area (Å²) in [6.07, 6.45) is 4.48. The Bertz CT molecular complexity index is 1920. The van der Waals surface area contributed by atoms with E-state index in [4.69, 9.17) is 30.3 Å². The summed E-state index contributed by atoms with van der Waals surface area (Å²) in [6, 6.07) is 18.0. The van der Waals surface area contributed by atoms with Crippen molar-refractivity contribution >= 4 is 28.0 Å². The zero-order valence-corrected chi connectivity index (χ0v) is 25.6. The van der Waals surface area contributed by atoms with Crippen molar-refractivity contribution < 1.29 is 19.4 Å². The zero-order valence-electron chi connectivity index (χ0n) is 25.6. The number of hydrogen-bond acceptors (Lipinski definition) is 7. The number of piperidine rings is 1. The number of hydrogen-bond donors (Lipinski definition) is 2. The molecule has 3 atom stereocenters. The standard InChI is InChI=1S/C35H38N6O4/c1-39-32-27(15-24(17-30(32)44-2)35(43)41-19-23-8-12-28(41)31(23)36)38-34(39)29-16-22-7-11-26(37-33(22)40(29)18-20-3-4-20)21-5-9-25(10-6-21)45-14-13-42/h5-7,9-11,15-17,20,23,28,31,42H,3-4,8,12-14,18-19,36H2,1-2H3/t23?,28?,31-/m1/s1. The van der Waals surface area contributed by atoms with Crippen LogP contribution in [0.1, 0.15) is 36.0 Å². The van der Waals surface area contributed by atoms with Gasteiger partial charge in [-0.2, -0.15) is 0 Å². The lowest BCUT2D eigenvalue weighted by Crippen LogP contribution is -2.41. The van der Waals surface area contributed by atoms with Gasteiger partial charge in [0.2, 0.25) is 0 Å². The molecule has 4 heterocycles. The number of aromatic nitrogens is 4. The van der Waals surface area contributed by atoms with Crippen molar-refractivity contribution in [2.24, 2.45) is 24.6 Å². The summed E-state index contributed by atoms with van der Waals surface area (Å²) in [5.74, 6) is 3.15. The van der Waals surface area contributed by atoms with Gasteiger partial charge in [0, 0.05) is 48.7 Å². The Balaban J connectivity index is 1.19. The van der Waals surface area contributed by atoms with Gasteiger partial charge in [0.15, 0.2) is 5.82 Å². The van der Waals surface area contributed by atoms with Gasteiger partial charge in [0.1, 0.15) is 29.3 Å². The van der Waals surface area contributed by atoms with E-state index in [0.717, 1.165) is 70.8 Å². The maximum absolute atomic E-state index is 13.7. The highest BCUT2D eigenvalue weighted by atomic mass is 16.5. The van der Waals surface area contributed by atoms with Crippen LogP contribution in [-0.4, -0.2) is 74.0 Å². The first-order valence-electron chi connectivity index (χ1n) is 15.9. The Morgan fingerprint density at radius 3 is 2.56 bits per heavy atom. The molecular formula is C35H38N6O4.